The lowest BCUT2D eigenvalue weighted by atomic mass is 9.98. The first-order valence-electron chi connectivity index (χ1n) is 6.40. The predicted molar refractivity (Wildman–Crippen MR) is 72.7 cm³/mol. The fraction of sp³-hybridized carbons (Fsp3) is 0.357. The number of anilines is 1. The van der Waals surface area contributed by atoms with Crippen LogP contribution in [-0.4, -0.2) is 19.2 Å². The Labute approximate surface area is 120 Å². The van der Waals surface area contributed by atoms with Crippen LogP contribution in [-0.2, 0) is 10.9 Å². The summed E-state index contributed by atoms with van der Waals surface area (Å²) in [6.45, 7) is 1.93. The first kappa shape index (κ1) is 15.2. The first-order valence-corrected chi connectivity index (χ1v) is 6.40. The van der Waals surface area contributed by atoms with Crippen molar-refractivity contribution in [1.29, 1.82) is 0 Å². The Bertz CT molecular complexity index is 582. The van der Waals surface area contributed by atoms with Crippen LogP contribution in [0.3, 0.4) is 0 Å². The number of amides is 1. The van der Waals surface area contributed by atoms with Gasteiger partial charge in [-0.05, 0) is 30.7 Å². The van der Waals surface area contributed by atoms with Crippen molar-refractivity contribution < 1.29 is 22.7 Å². The van der Waals surface area contributed by atoms with Crippen LogP contribution in [0.25, 0.3) is 5.70 Å². The van der Waals surface area contributed by atoms with Gasteiger partial charge in [-0.25, -0.2) is 4.79 Å². The number of halogens is 3. The van der Waals surface area contributed by atoms with Crippen LogP contribution in [0, 0.1) is 0 Å². The summed E-state index contributed by atoms with van der Waals surface area (Å²) in [7, 11) is 1.20. The summed E-state index contributed by atoms with van der Waals surface area (Å²) in [5.74, 6) is 0. The van der Waals surface area contributed by atoms with Crippen LogP contribution in [0.4, 0.5) is 23.7 Å². The molecule has 0 unspecified atom stereocenters. The topological polar surface area (TPSA) is 50.4 Å². The third-order valence-corrected chi connectivity index (χ3v) is 3.21. The maximum absolute atomic E-state index is 12.8. The third-order valence-electron chi connectivity index (χ3n) is 3.21. The summed E-state index contributed by atoms with van der Waals surface area (Å²) in [6.07, 6.45) is -2.75. The number of fused-ring (bicyclic) bond motifs is 1. The van der Waals surface area contributed by atoms with Crippen LogP contribution in [0.2, 0.25) is 0 Å². The van der Waals surface area contributed by atoms with Gasteiger partial charge in [0.25, 0.3) is 0 Å². The lowest BCUT2D eigenvalue weighted by molar-refractivity contribution is -0.137. The van der Waals surface area contributed by atoms with Gasteiger partial charge in [0.2, 0.25) is 0 Å². The Morgan fingerprint density at radius 1 is 1.43 bits per heavy atom. The molecule has 1 aromatic carbocycles. The minimum Gasteiger partial charge on any atom is -0.453 e. The zero-order valence-electron chi connectivity index (χ0n) is 11.5. The number of nitrogens with one attached hydrogen (secondary N) is 2. The zero-order valence-corrected chi connectivity index (χ0v) is 11.5. The lowest BCUT2D eigenvalue weighted by Crippen LogP contribution is -2.29. The van der Waals surface area contributed by atoms with E-state index in [1.54, 1.807) is 6.08 Å². The molecule has 0 saturated heterocycles. The first-order chi connectivity index (χ1) is 9.85. The van der Waals surface area contributed by atoms with E-state index in [1.807, 2.05) is 6.92 Å². The van der Waals surface area contributed by atoms with E-state index < -0.39 is 17.8 Å². The molecule has 1 heterocycles. The maximum Gasteiger partial charge on any atom is 0.416 e. The highest BCUT2D eigenvalue weighted by atomic mass is 19.4. The Kier molecular flexibility index (Phi) is 4.11. The van der Waals surface area contributed by atoms with Crippen molar-refractivity contribution in [2.45, 2.75) is 25.6 Å². The van der Waals surface area contributed by atoms with Gasteiger partial charge in [-0.15, -0.1) is 0 Å². The van der Waals surface area contributed by atoms with Gasteiger partial charge in [0.15, 0.2) is 0 Å². The second-order valence-corrected chi connectivity index (χ2v) is 4.61. The molecule has 114 valence electrons. The molecule has 0 aromatic heterocycles. The van der Waals surface area contributed by atoms with Crippen molar-refractivity contribution in [3.05, 3.63) is 35.4 Å². The molecule has 1 amide bonds. The summed E-state index contributed by atoms with van der Waals surface area (Å²) < 4.78 is 42.9. The quantitative estimate of drug-likeness (QED) is 0.877. The smallest absolute Gasteiger partial charge is 0.416 e. The number of carbonyl (C=O) groups is 1. The molecule has 1 atom stereocenters. The van der Waals surface area contributed by atoms with Crippen molar-refractivity contribution in [1.82, 2.24) is 5.32 Å². The van der Waals surface area contributed by atoms with Gasteiger partial charge >= 0.3 is 12.3 Å². The molecular weight excluding hydrogens is 285 g/mol. The number of alkyl carbamates (subject to hydrolysis) is 1. The van der Waals surface area contributed by atoms with Crippen LogP contribution in [0.15, 0.2) is 24.3 Å². The van der Waals surface area contributed by atoms with Gasteiger partial charge in [0.05, 0.1) is 18.4 Å². The molecular formula is C14H15F3N2O2. The Balaban J connectivity index is 2.44. The van der Waals surface area contributed by atoms with Crippen molar-refractivity contribution >= 4 is 17.5 Å². The highest BCUT2D eigenvalue weighted by Gasteiger charge is 2.32. The molecule has 0 saturated carbocycles. The van der Waals surface area contributed by atoms with Gasteiger partial charge < -0.3 is 10.1 Å². The Morgan fingerprint density at radius 2 is 2.14 bits per heavy atom. The van der Waals surface area contributed by atoms with Gasteiger partial charge in [-0.1, -0.05) is 6.92 Å². The summed E-state index contributed by atoms with van der Waals surface area (Å²) >= 11 is 0. The van der Waals surface area contributed by atoms with Crippen molar-refractivity contribution in [2.75, 3.05) is 12.4 Å². The standard InChI is InChI=1S/C14H15F3N2O2/c1-3-9-7-12(19-13(20)21-2)10-6-8(14(15,16)17)4-5-11(10)18-9/h4-7,9,18H,3H2,1-2H3,(H,19,20)/t9-/m1/s1. The van der Waals surface area contributed by atoms with Crippen LogP contribution in [0.1, 0.15) is 24.5 Å². The van der Waals surface area contributed by atoms with E-state index >= 15 is 0 Å². The van der Waals surface area contributed by atoms with E-state index in [4.69, 9.17) is 0 Å². The molecule has 1 aromatic rings. The maximum atomic E-state index is 12.8. The molecule has 7 heteroatoms. The highest BCUT2D eigenvalue weighted by Crippen LogP contribution is 2.36. The summed E-state index contributed by atoms with van der Waals surface area (Å²) in [6, 6.07) is 3.32. The van der Waals surface area contributed by atoms with E-state index in [2.05, 4.69) is 15.4 Å². The molecule has 1 aliphatic heterocycles. The average Bonchev–Trinajstić information content (AvgIpc) is 2.45. The number of ether oxygens (including phenoxy) is 1. The van der Waals surface area contributed by atoms with E-state index in [9.17, 15) is 18.0 Å². The molecule has 4 nitrogen and oxygen atoms in total. The van der Waals surface area contributed by atoms with E-state index in [1.165, 1.54) is 13.2 Å². The monoisotopic (exact) mass is 300 g/mol. The molecule has 2 rings (SSSR count). The molecule has 0 fully saturated rings. The molecule has 0 aliphatic carbocycles. The van der Waals surface area contributed by atoms with Gasteiger partial charge in [0.1, 0.15) is 0 Å². The highest BCUT2D eigenvalue weighted by molar-refractivity contribution is 5.88. The van der Waals surface area contributed by atoms with Crippen molar-refractivity contribution in [3.63, 3.8) is 0 Å². The minimum absolute atomic E-state index is 0.0682. The van der Waals surface area contributed by atoms with E-state index in [0.29, 0.717) is 16.9 Å². The SMILES string of the molecule is CC[C@@H]1C=C(NC(=O)OC)c2cc(C(F)(F)F)ccc2N1. The second kappa shape index (κ2) is 5.67. The van der Waals surface area contributed by atoms with E-state index in [-0.39, 0.29) is 6.04 Å². The predicted octanol–water partition coefficient (Wildman–Crippen LogP) is 3.61. The fourth-order valence-electron chi connectivity index (χ4n) is 2.09. The minimum atomic E-state index is -4.44. The zero-order chi connectivity index (χ0) is 15.6. The number of carbonyl (C=O) groups excluding carboxylic acids is 1. The second-order valence-electron chi connectivity index (χ2n) is 4.61. The van der Waals surface area contributed by atoms with Gasteiger partial charge in [-0.2, -0.15) is 13.2 Å². The largest absolute Gasteiger partial charge is 0.453 e. The van der Waals surface area contributed by atoms with Crippen LogP contribution >= 0.6 is 0 Å². The fourth-order valence-corrected chi connectivity index (χ4v) is 2.09. The van der Waals surface area contributed by atoms with Crippen LogP contribution in [0.5, 0.6) is 0 Å². The number of alkyl halides is 3. The molecule has 0 spiro atoms. The average molecular weight is 300 g/mol. The number of hydrogen-bond donors (Lipinski definition) is 2. The van der Waals surface area contributed by atoms with Crippen molar-refractivity contribution in [2.24, 2.45) is 0 Å². The summed E-state index contributed by atoms with van der Waals surface area (Å²) in [5, 5.41) is 5.57. The molecule has 0 radical (unpaired) electrons. The molecule has 2 N–H and O–H groups in total. The molecule has 0 bridgehead atoms. The molecule has 21 heavy (non-hydrogen) atoms. The van der Waals surface area contributed by atoms with E-state index in [0.717, 1.165) is 18.6 Å². The third kappa shape index (κ3) is 3.29. The normalized spacial score (nSPS) is 17.4. The molecule has 1 aliphatic rings. The number of methoxy groups -OCH3 is 1. The Morgan fingerprint density at radius 3 is 2.71 bits per heavy atom. The van der Waals surface area contributed by atoms with Gasteiger partial charge in [-0.3, -0.25) is 5.32 Å². The van der Waals surface area contributed by atoms with Crippen molar-refractivity contribution in [3.8, 4) is 0 Å². The lowest BCUT2D eigenvalue weighted by Gasteiger charge is -2.26. The summed E-state index contributed by atoms with van der Waals surface area (Å²) in [4.78, 5) is 11.3. The summed E-state index contributed by atoms with van der Waals surface area (Å²) in [5.41, 5.74) is 0.382. The Hall–Kier alpha value is -2.18. The number of hydrogen-bond acceptors (Lipinski definition) is 3. The number of benzene rings is 1. The van der Waals surface area contributed by atoms with Gasteiger partial charge in [0, 0.05) is 17.3 Å². The van der Waals surface area contributed by atoms with Crippen LogP contribution < -0.4 is 10.6 Å². The number of rotatable bonds is 2.